The van der Waals surface area contributed by atoms with Crippen molar-refractivity contribution in [2.45, 2.75) is 66.5 Å². The second kappa shape index (κ2) is 8.96. The van der Waals surface area contributed by atoms with E-state index in [4.69, 9.17) is 4.98 Å². The lowest BCUT2D eigenvalue weighted by Gasteiger charge is -2.28. The lowest BCUT2D eigenvalue weighted by Crippen LogP contribution is -2.32. The zero-order valence-electron chi connectivity index (χ0n) is 13.9. The molecule has 0 saturated carbocycles. The van der Waals surface area contributed by atoms with Crippen molar-refractivity contribution in [1.29, 1.82) is 0 Å². The van der Waals surface area contributed by atoms with Crippen molar-refractivity contribution >= 4 is 5.82 Å². The Kier molecular flexibility index (Phi) is 7.60. The highest BCUT2D eigenvalue weighted by Gasteiger charge is 2.12. The molecule has 114 valence electrons. The SMILES string of the molecule is CCCNCc1cc(CC)nc(N(CCC)C(C)C)c1. The van der Waals surface area contributed by atoms with Gasteiger partial charge in [-0.15, -0.1) is 0 Å². The summed E-state index contributed by atoms with van der Waals surface area (Å²) in [5.74, 6) is 1.13. The molecule has 3 nitrogen and oxygen atoms in total. The van der Waals surface area contributed by atoms with E-state index in [1.165, 1.54) is 17.7 Å². The van der Waals surface area contributed by atoms with Crippen LogP contribution in [0.1, 0.15) is 58.7 Å². The van der Waals surface area contributed by atoms with Crippen LogP contribution in [0.25, 0.3) is 0 Å². The maximum absolute atomic E-state index is 4.82. The molecule has 20 heavy (non-hydrogen) atoms. The molecule has 0 spiro atoms. The Labute approximate surface area is 124 Å². The highest BCUT2D eigenvalue weighted by atomic mass is 15.2. The van der Waals surface area contributed by atoms with Crippen molar-refractivity contribution in [3.8, 4) is 0 Å². The quantitative estimate of drug-likeness (QED) is 0.696. The van der Waals surface area contributed by atoms with Gasteiger partial charge in [0.1, 0.15) is 5.82 Å². The Morgan fingerprint density at radius 1 is 1.15 bits per heavy atom. The molecule has 0 fully saturated rings. The first-order valence-electron chi connectivity index (χ1n) is 8.09. The fraction of sp³-hybridized carbons (Fsp3) is 0.706. The number of nitrogens with one attached hydrogen (secondary N) is 1. The minimum Gasteiger partial charge on any atom is -0.354 e. The number of aryl methyl sites for hydroxylation is 1. The molecule has 1 aromatic heterocycles. The molecule has 0 aromatic carbocycles. The number of pyridine rings is 1. The summed E-state index contributed by atoms with van der Waals surface area (Å²) in [6, 6.07) is 4.97. The maximum atomic E-state index is 4.82. The van der Waals surface area contributed by atoms with Gasteiger partial charge in [-0.1, -0.05) is 20.8 Å². The molecule has 0 aliphatic carbocycles. The lowest BCUT2D eigenvalue weighted by molar-refractivity contribution is 0.653. The van der Waals surface area contributed by atoms with E-state index in [9.17, 15) is 0 Å². The molecule has 0 radical (unpaired) electrons. The second-order valence-electron chi connectivity index (χ2n) is 5.64. The first kappa shape index (κ1) is 17.0. The van der Waals surface area contributed by atoms with Gasteiger partial charge in [-0.25, -0.2) is 4.98 Å². The summed E-state index contributed by atoms with van der Waals surface area (Å²) in [6.07, 6.45) is 3.32. The molecule has 1 rings (SSSR count). The Bertz CT molecular complexity index is 388. The molecule has 0 amide bonds. The van der Waals surface area contributed by atoms with Gasteiger partial charge in [0.05, 0.1) is 0 Å². The zero-order valence-corrected chi connectivity index (χ0v) is 13.9. The van der Waals surface area contributed by atoms with Gasteiger partial charge in [-0.05, 0) is 57.4 Å². The van der Waals surface area contributed by atoms with Crippen molar-refractivity contribution in [2.75, 3.05) is 18.0 Å². The van der Waals surface area contributed by atoms with E-state index in [-0.39, 0.29) is 0 Å². The second-order valence-corrected chi connectivity index (χ2v) is 5.64. The van der Waals surface area contributed by atoms with Crippen molar-refractivity contribution in [1.82, 2.24) is 10.3 Å². The van der Waals surface area contributed by atoms with E-state index in [2.05, 4.69) is 57.0 Å². The molecule has 0 saturated heterocycles. The Hall–Kier alpha value is -1.09. The third kappa shape index (κ3) is 5.12. The zero-order chi connectivity index (χ0) is 15.0. The summed E-state index contributed by atoms with van der Waals surface area (Å²) in [5, 5.41) is 3.48. The van der Waals surface area contributed by atoms with E-state index in [1.807, 2.05) is 0 Å². The number of aromatic nitrogens is 1. The molecule has 1 aromatic rings. The van der Waals surface area contributed by atoms with E-state index in [1.54, 1.807) is 0 Å². The van der Waals surface area contributed by atoms with Crippen molar-refractivity contribution < 1.29 is 0 Å². The minimum absolute atomic E-state index is 0.492. The van der Waals surface area contributed by atoms with E-state index >= 15 is 0 Å². The van der Waals surface area contributed by atoms with Gasteiger partial charge in [0.2, 0.25) is 0 Å². The maximum Gasteiger partial charge on any atom is 0.129 e. The third-order valence-corrected chi connectivity index (χ3v) is 3.42. The fourth-order valence-corrected chi connectivity index (χ4v) is 2.35. The van der Waals surface area contributed by atoms with Gasteiger partial charge < -0.3 is 10.2 Å². The lowest BCUT2D eigenvalue weighted by atomic mass is 10.1. The number of nitrogens with zero attached hydrogens (tertiary/aromatic N) is 2. The third-order valence-electron chi connectivity index (χ3n) is 3.42. The van der Waals surface area contributed by atoms with Crippen LogP contribution in [0.3, 0.4) is 0 Å². The largest absolute Gasteiger partial charge is 0.354 e. The van der Waals surface area contributed by atoms with Crippen LogP contribution in [0.15, 0.2) is 12.1 Å². The molecule has 1 heterocycles. The van der Waals surface area contributed by atoms with Crippen LogP contribution >= 0.6 is 0 Å². The van der Waals surface area contributed by atoms with Crippen LogP contribution in [-0.2, 0) is 13.0 Å². The van der Waals surface area contributed by atoms with Crippen LogP contribution in [0.5, 0.6) is 0 Å². The van der Waals surface area contributed by atoms with Crippen molar-refractivity contribution in [3.63, 3.8) is 0 Å². The Morgan fingerprint density at radius 3 is 2.45 bits per heavy atom. The Morgan fingerprint density at radius 2 is 1.90 bits per heavy atom. The van der Waals surface area contributed by atoms with Gasteiger partial charge in [0.15, 0.2) is 0 Å². The predicted molar refractivity (Wildman–Crippen MR) is 88.4 cm³/mol. The first-order chi connectivity index (χ1) is 9.62. The smallest absolute Gasteiger partial charge is 0.129 e. The summed E-state index contributed by atoms with van der Waals surface area (Å²) >= 11 is 0. The van der Waals surface area contributed by atoms with Crippen molar-refractivity contribution in [2.24, 2.45) is 0 Å². The number of anilines is 1. The van der Waals surface area contributed by atoms with Gasteiger partial charge in [0.25, 0.3) is 0 Å². The molecule has 0 bridgehead atoms. The van der Waals surface area contributed by atoms with Crippen LogP contribution in [0, 0.1) is 0 Å². The minimum atomic E-state index is 0.492. The predicted octanol–water partition coefficient (Wildman–Crippen LogP) is 3.77. The average molecular weight is 277 g/mol. The van der Waals surface area contributed by atoms with Crippen LogP contribution < -0.4 is 10.2 Å². The summed E-state index contributed by atoms with van der Waals surface area (Å²) < 4.78 is 0. The van der Waals surface area contributed by atoms with Gasteiger partial charge in [0, 0.05) is 24.8 Å². The Balaban J connectivity index is 2.95. The van der Waals surface area contributed by atoms with Gasteiger partial charge >= 0.3 is 0 Å². The fourth-order valence-electron chi connectivity index (χ4n) is 2.35. The van der Waals surface area contributed by atoms with E-state index < -0.39 is 0 Å². The van der Waals surface area contributed by atoms with Crippen LogP contribution in [0.2, 0.25) is 0 Å². The monoisotopic (exact) mass is 277 g/mol. The summed E-state index contributed by atoms with van der Waals surface area (Å²) in [6.45, 7) is 14.2. The summed E-state index contributed by atoms with van der Waals surface area (Å²) in [4.78, 5) is 7.22. The average Bonchev–Trinajstić information content (AvgIpc) is 2.44. The first-order valence-corrected chi connectivity index (χ1v) is 8.09. The highest BCUT2D eigenvalue weighted by molar-refractivity contribution is 5.43. The summed E-state index contributed by atoms with van der Waals surface area (Å²) in [7, 11) is 0. The number of rotatable bonds is 9. The van der Waals surface area contributed by atoms with Crippen LogP contribution in [-0.4, -0.2) is 24.1 Å². The highest BCUT2D eigenvalue weighted by Crippen LogP contribution is 2.18. The topological polar surface area (TPSA) is 28.2 Å². The van der Waals surface area contributed by atoms with Gasteiger partial charge in [-0.2, -0.15) is 0 Å². The number of hydrogen-bond acceptors (Lipinski definition) is 3. The molecule has 0 aliphatic rings. The van der Waals surface area contributed by atoms with Gasteiger partial charge in [-0.3, -0.25) is 0 Å². The standard InChI is InChI=1S/C17H31N3/c1-6-9-18-13-15-11-16(8-3)19-17(12-15)20(10-7-2)14(4)5/h11-12,14,18H,6-10,13H2,1-5H3. The number of hydrogen-bond donors (Lipinski definition) is 1. The molecule has 0 atom stereocenters. The molecule has 0 unspecified atom stereocenters. The normalized spacial score (nSPS) is 11.1. The van der Waals surface area contributed by atoms with Crippen molar-refractivity contribution in [3.05, 3.63) is 23.4 Å². The van der Waals surface area contributed by atoms with E-state index in [0.717, 1.165) is 38.3 Å². The molecule has 0 aliphatic heterocycles. The molecule has 1 N–H and O–H groups in total. The molecular weight excluding hydrogens is 246 g/mol. The van der Waals surface area contributed by atoms with Crippen LogP contribution in [0.4, 0.5) is 5.82 Å². The molecule has 3 heteroatoms. The summed E-state index contributed by atoms with van der Waals surface area (Å²) in [5.41, 5.74) is 2.54. The molecular formula is C17H31N3. The van der Waals surface area contributed by atoms with E-state index in [0.29, 0.717) is 6.04 Å².